The van der Waals surface area contributed by atoms with E-state index in [1.807, 2.05) is 19.2 Å². The molecule has 5 nitrogen and oxygen atoms in total. The topological polar surface area (TPSA) is 54.5 Å². The number of nitrogens with one attached hydrogen (secondary N) is 1. The van der Waals surface area contributed by atoms with E-state index in [2.05, 4.69) is 48.1 Å². The molecular weight excluding hydrogens is 346 g/mol. The van der Waals surface area contributed by atoms with Gasteiger partial charge in [0.05, 0.1) is 24.4 Å². The minimum Gasteiger partial charge on any atom is -0.373 e. The van der Waals surface area contributed by atoms with Gasteiger partial charge in [-0.2, -0.15) is 0 Å². The Bertz CT molecular complexity index is 792. The third kappa shape index (κ3) is 4.50. The van der Waals surface area contributed by atoms with Gasteiger partial charge >= 0.3 is 0 Å². The van der Waals surface area contributed by atoms with Crippen molar-refractivity contribution in [1.29, 1.82) is 0 Å². The van der Waals surface area contributed by atoms with Crippen molar-refractivity contribution < 1.29 is 9.53 Å². The quantitative estimate of drug-likeness (QED) is 0.886. The lowest BCUT2D eigenvalue weighted by molar-refractivity contribution is -0.121. The lowest BCUT2D eigenvalue weighted by atomic mass is 9.99. The molecule has 1 aliphatic heterocycles. The number of rotatable bonds is 4. The van der Waals surface area contributed by atoms with Crippen LogP contribution < -0.4 is 5.32 Å². The number of benzene rings is 1. The van der Waals surface area contributed by atoms with Gasteiger partial charge in [-0.25, -0.2) is 4.98 Å². The molecule has 2 aromatic rings. The summed E-state index contributed by atoms with van der Waals surface area (Å²) in [6.07, 6.45) is 0.316. The molecule has 1 aromatic heterocycles. The van der Waals surface area contributed by atoms with Crippen molar-refractivity contribution in [3.8, 4) is 11.3 Å². The maximum atomic E-state index is 12.4. The van der Waals surface area contributed by atoms with E-state index in [1.165, 1.54) is 28.0 Å². The van der Waals surface area contributed by atoms with Crippen molar-refractivity contribution in [2.24, 2.45) is 0 Å². The third-order valence-corrected chi connectivity index (χ3v) is 5.49. The van der Waals surface area contributed by atoms with Crippen LogP contribution in [0.2, 0.25) is 0 Å². The second-order valence-electron chi connectivity index (χ2n) is 7.29. The molecule has 140 valence electrons. The van der Waals surface area contributed by atoms with Gasteiger partial charge in [0.2, 0.25) is 5.91 Å². The number of nitrogens with zero attached hydrogens (tertiary/aromatic N) is 2. The molecule has 2 unspecified atom stereocenters. The Labute approximate surface area is 159 Å². The van der Waals surface area contributed by atoms with Gasteiger partial charge in [-0.05, 0) is 57.4 Å². The van der Waals surface area contributed by atoms with Gasteiger partial charge < -0.3 is 10.1 Å². The van der Waals surface area contributed by atoms with Gasteiger partial charge in [-0.3, -0.25) is 9.69 Å². The smallest absolute Gasteiger partial charge is 0.240 e. The van der Waals surface area contributed by atoms with E-state index in [9.17, 15) is 4.79 Å². The van der Waals surface area contributed by atoms with E-state index in [1.54, 1.807) is 0 Å². The largest absolute Gasteiger partial charge is 0.373 e. The Morgan fingerprint density at radius 2 is 1.85 bits per heavy atom. The number of carbonyl (C=O) groups is 1. The molecule has 0 bridgehead atoms. The van der Waals surface area contributed by atoms with Crippen LogP contribution in [0.5, 0.6) is 0 Å². The number of hydrogen-bond acceptors (Lipinski definition) is 5. The molecule has 1 saturated heterocycles. The zero-order chi connectivity index (χ0) is 18.8. The number of amides is 1. The first-order valence-corrected chi connectivity index (χ1v) is 9.91. The molecular formula is C20H27N3O2S. The predicted molar refractivity (Wildman–Crippen MR) is 107 cm³/mol. The highest BCUT2D eigenvalue weighted by Crippen LogP contribution is 2.29. The van der Waals surface area contributed by atoms with Crippen LogP contribution in [0.4, 0.5) is 5.13 Å². The van der Waals surface area contributed by atoms with Gasteiger partial charge in [-0.15, -0.1) is 11.3 Å². The second kappa shape index (κ2) is 7.86. The number of hydrogen-bond donors (Lipinski definition) is 1. The Morgan fingerprint density at radius 1 is 1.19 bits per heavy atom. The molecule has 1 aromatic carbocycles. The number of ether oxygens (including phenoxy) is 1. The first-order valence-electron chi connectivity index (χ1n) is 9.03. The Kier molecular flexibility index (Phi) is 5.75. The molecule has 0 spiro atoms. The summed E-state index contributed by atoms with van der Waals surface area (Å²) in [6, 6.07) is 4.35. The molecule has 0 radical (unpaired) electrons. The summed E-state index contributed by atoms with van der Waals surface area (Å²) in [4.78, 5) is 19.1. The summed E-state index contributed by atoms with van der Waals surface area (Å²) in [5.74, 6) is -0.0241. The highest BCUT2D eigenvalue weighted by atomic mass is 32.1. The van der Waals surface area contributed by atoms with E-state index in [-0.39, 0.29) is 18.1 Å². The molecule has 6 heteroatoms. The average Bonchev–Trinajstić information content (AvgIpc) is 2.97. The molecule has 26 heavy (non-hydrogen) atoms. The SMILES string of the molecule is Cc1cc(C)c(-c2csc(NC(=O)CN3CC(C)OC(C)C3)n2)cc1C. The average molecular weight is 374 g/mol. The number of anilines is 1. The fourth-order valence-corrected chi connectivity index (χ4v) is 4.19. The molecule has 2 heterocycles. The molecule has 1 fully saturated rings. The number of carbonyl (C=O) groups excluding carboxylic acids is 1. The van der Waals surface area contributed by atoms with E-state index >= 15 is 0 Å². The van der Waals surface area contributed by atoms with E-state index in [4.69, 9.17) is 4.74 Å². The summed E-state index contributed by atoms with van der Waals surface area (Å²) in [5, 5.41) is 5.60. The fraction of sp³-hybridized carbons (Fsp3) is 0.500. The Hall–Kier alpha value is -1.76. The minimum atomic E-state index is -0.0241. The third-order valence-electron chi connectivity index (χ3n) is 4.73. The first kappa shape index (κ1) is 19.0. The van der Waals surface area contributed by atoms with Crippen LogP contribution in [-0.4, -0.2) is 47.6 Å². The predicted octanol–water partition coefficient (Wildman–Crippen LogP) is 3.78. The molecule has 1 aliphatic rings. The van der Waals surface area contributed by atoms with Gasteiger partial charge in [0.15, 0.2) is 5.13 Å². The number of aryl methyl sites for hydroxylation is 3. The molecule has 1 amide bonds. The van der Waals surface area contributed by atoms with Gasteiger partial charge in [0.25, 0.3) is 0 Å². The molecule has 3 rings (SSSR count). The van der Waals surface area contributed by atoms with Crippen molar-refractivity contribution in [2.45, 2.75) is 46.8 Å². The first-order chi connectivity index (χ1) is 12.3. The van der Waals surface area contributed by atoms with E-state index in [0.29, 0.717) is 11.7 Å². The number of morpholine rings is 1. The minimum absolute atomic E-state index is 0.0241. The van der Waals surface area contributed by atoms with Crippen molar-refractivity contribution in [3.05, 3.63) is 34.2 Å². The maximum Gasteiger partial charge on any atom is 0.240 e. The van der Waals surface area contributed by atoms with Crippen LogP contribution in [-0.2, 0) is 9.53 Å². The van der Waals surface area contributed by atoms with Crippen molar-refractivity contribution in [2.75, 3.05) is 25.0 Å². The summed E-state index contributed by atoms with van der Waals surface area (Å²) in [5.41, 5.74) is 5.77. The Morgan fingerprint density at radius 3 is 2.54 bits per heavy atom. The summed E-state index contributed by atoms with van der Waals surface area (Å²) in [6.45, 7) is 12.3. The highest BCUT2D eigenvalue weighted by Gasteiger charge is 2.24. The van der Waals surface area contributed by atoms with E-state index in [0.717, 1.165) is 24.3 Å². The maximum absolute atomic E-state index is 12.4. The van der Waals surface area contributed by atoms with Crippen LogP contribution in [0.25, 0.3) is 11.3 Å². The van der Waals surface area contributed by atoms with Gasteiger partial charge in [0, 0.05) is 24.0 Å². The van der Waals surface area contributed by atoms with Crippen LogP contribution in [0.1, 0.15) is 30.5 Å². The molecule has 0 aliphatic carbocycles. The monoisotopic (exact) mass is 373 g/mol. The summed E-state index contributed by atoms with van der Waals surface area (Å²) >= 11 is 1.47. The van der Waals surface area contributed by atoms with E-state index < -0.39 is 0 Å². The van der Waals surface area contributed by atoms with Crippen LogP contribution in [0, 0.1) is 20.8 Å². The summed E-state index contributed by atoms with van der Waals surface area (Å²) < 4.78 is 5.71. The zero-order valence-electron chi connectivity index (χ0n) is 16.1. The Balaban J connectivity index is 1.65. The van der Waals surface area contributed by atoms with Crippen molar-refractivity contribution >= 4 is 22.4 Å². The van der Waals surface area contributed by atoms with Gasteiger partial charge in [0.1, 0.15) is 0 Å². The molecule has 1 N–H and O–H groups in total. The zero-order valence-corrected chi connectivity index (χ0v) is 16.9. The van der Waals surface area contributed by atoms with Crippen LogP contribution >= 0.6 is 11.3 Å². The second-order valence-corrected chi connectivity index (χ2v) is 8.15. The number of thiazole rings is 1. The van der Waals surface area contributed by atoms with Crippen molar-refractivity contribution in [1.82, 2.24) is 9.88 Å². The normalized spacial score (nSPS) is 21.0. The van der Waals surface area contributed by atoms with Gasteiger partial charge in [-0.1, -0.05) is 6.07 Å². The standard InChI is InChI=1S/C20H27N3O2S/c1-12-6-14(3)17(7-13(12)2)18-11-26-20(21-18)22-19(24)10-23-8-15(4)25-16(5)9-23/h6-7,11,15-16H,8-10H2,1-5H3,(H,21,22,24). The molecule has 0 saturated carbocycles. The molecule has 2 atom stereocenters. The lowest BCUT2D eigenvalue weighted by Gasteiger charge is -2.34. The van der Waals surface area contributed by atoms with Crippen LogP contribution in [0.3, 0.4) is 0 Å². The van der Waals surface area contributed by atoms with Crippen LogP contribution in [0.15, 0.2) is 17.5 Å². The van der Waals surface area contributed by atoms with Crippen molar-refractivity contribution in [3.63, 3.8) is 0 Å². The summed E-state index contributed by atoms with van der Waals surface area (Å²) in [7, 11) is 0. The highest BCUT2D eigenvalue weighted by molar-refractivity contribution is 7.14. The number of aromatic nitrogens is 1. The fourth-order valence-electron chi connectivity index (χ4n) is 3.47. The lowest BCUT2D eigenvalue weighted by Crippen LogP contribution is -2.48.